The molecule has 1 aliphatic rings. The fourth-order valence-electron chi connectivity index (χ4n) is 7.17. The zero-order chi connectivity index (χ0) is 40.7. The van der Waals surface area contributed by atoms with Crippen molar-refractivity contribution < 1.29 is 33.2 Å². The summed E-state index contributed by atoms with van der Waals surface area (Å²) in [6, 6.07) is 60.7. The summed E-state index contributed by atoms with van der Waals surface area (Å²) >= 11 is 0. The molecule has 0 radical (unpaired) electrons. The second-order valence-electron chi connectivity index (χ2n) is 14.8. The molecule has 60 heavy (non-hydrogen) atoms. The fourth-order valence-corrected chi connectivity index (χ4v) is 7.17. The van der Waals surface area contributed by atoms with Crippen LogP contribution in [0.4, 0.5) is 0 Å². The highest BCUT2D eigenvalue weighted by Gasteiger charge is 2.42. The molecule has 0 aliphatic carbocycles. The number of hydrogen-bond donors (Lipinski definition) is 0. The Labute approximate surface area is 353 Å². The lowest BCUT2D eigenvalue weighted by Gasteiger charge is -2.39. The van der Waals surface area contributed by atoms with Crippen molar-refractivity contribution in [1.29, 1.82) is 0 Å². The molecule has 0 aromatic heterocycles. The van der Waals surface area contributed by atoms with E-state index in [0.717, 1.165) is 39.8 Å². The first-order chi connectivity index (χ1) is 29.7. The molecule has 0 unspecified atom stereocenters. The van der Waals surface area contributed by atoms with Crippen molar-refractivity contribution in [2.75, 3.05) is 13.2 Å². The van der Waals surface area contributed by atoms with Gasteiger partial charge in [0.2, 0.25) is 5.79 Å². The molecule has 0 saturated carbocycles. The molecular weight excluding hydrogens is 749 g/mol. The van der Waals surface area contributed by atoms with Crippen LogP contribution in [0.2, 0.25) is 0 Å². The summed E-state index contributed by atoms with van der Waals surface area (Å²) < 4.78 is 46.4. The predicted octanol–water partition coefficient (Wildman–Crippen LogP) is 11.8. The minimum Gasteiger partial charge on any atom is -0.489 e. The fraction of sp³-hybridized carbons (Fsp3) is 0.208. The largest absolute Gasteiger partial charge is 0.489 e. The minimum atomic E-state index is -1.19. The third-order valence-electron chi connectivity index (χ3n) is 10.3. The lowest BCUT2D eigenvalue weighted by atomic mass is 9.94. The van der Waals surface area contributed by atoms with Crippen molar-refractivity contribution >= 4 is 0 Å². The van der Waals surface area contributed by atoms with Crippen LogP contribution < -0.4 is 23.7 Å². The standard InChI is InChI=1S/C53H50O7/c1-6-17-42(18-7-1)36-54-47-34-50(57-39-45-23-12-4-13-24-45)52(51(35-47)58-40-46-25-14-5-15-26-46)53(59-31-16-32-60-53)30-29-41-27-28-48(55-37-43-19-8-2-9-20-43)49(33-41)56-38-44-21-10-3-11-22-44/h1-15,17-28,33-35H,16,29-32,36-40H2. The molecule has 1 aliphatic heterocycles. The van der Waals surface area contributed by atoms with Gasteiger partial charge in [0.1, 0.15) is 50.3 Å². The van der Waals surface area contributed by atoms with Crippen LogP contribution in [-0.4, -0.2) is 13.2 Å². The number of ether oxygens (including phenoxy) is 7. The molecule has 8 rings (SSSR count). The van der Waals surface area contributed by atoms with Crippen LogP contribution >= 0.6 is 0 Å². The van der Waals surface area contributed by atoms with Crippen LogP contribution in [-0.2, 0) is 54.7 Å². The zero-order valence-electron chi connectivity index (χ0n) is 33.7. The monoisotopic (exact) mass is 798 g/mol. The first-order valence-corrected chi connectivity index (χ1v) is 20.6. The third kappa shape index (κ3) is 10.9. The summed E-state index contributed by atoms with van der Waals surface area (Å²) in [4.78, 5) is 0. The van der Waals surface area contributed by atoms with Gasteiger partial charge in [-0.3, -0.25) is 0 Å². The molecule has 0 atom stereocenters. The summed E-state index contributed by atoms with van der Waals surface area (Å²) in [6.45, 7) is 2.91. The highest BCUT2D eigenvalue weighted by atomic mass is 16.7. The number of hydrogen-bond acceptors (Lipinski definition) is 7. The summed E-state index contributed by atoms with van der Waals surface area (Å²) in [7, 11) is 0. The summed E-state index contributed by atoms with van der Waals surface area (Å²) in [5.74, 6) is 1.92. The molecular formula is C53H50O7. The molecule has 7 heteroatoms. The number of aryl methyl sites for hydroxylation is 1. The maximum atomic E-state index is 6.80. The van der Waals surface area contributed by atoms with E-state index in [2.05, 4.69) is 60.7 Å². The molecule has 7 aromatic rings. The van der Waals surface area contributed by atoms with Crippen LogP contribution in [0.5, 0.6) is 28.7 Å². The lowest BCUT2D eigenvalue weighted by molar-refractivity contribution is -0.280. The Morgan fingerprint density at radius 1 is 0.367 bits per heavy atom. The van der Waals surface area contributed by atoms with E-state index in [1.807, 2.05) is 121 Å². The van der Waals surface area contributed by atoms with E-state index in [-0.39, 0.29) is 0 Å². The number of benzene rings is 7. The van der Waals surface area contributed by atoms with Gasteiger partial charge in [0.05, 0.1) is 18.8 Å². The Kier molecular flexibility index (Phi) is 13.7. The van der Waals surface area contributed by atoms with E-state index < -0.39 is 5.79 Å². The smallest absolute Gasteiger partial charge is 0.202 e. The SMILES string of the molecule is c1ccc(COc2cc(OCc3ccccc3)c(C3(CCc4ccc(OCc5ccccc5)c(OCc5ccccc5)c4)OCCCO3)c(OCc3ccccc3)c2)cc1. The molecule has 0 spiro atoms. The van der Waals surface area contributed by atoms with Crippen LogP contribution in [0.3, 0.4) is 0 Å². The molecule has 7 nitrogen and oxygen atoms in total. The highest BCUT2D eigenvalue weighted by Crippen LogP contribution is 2.48. The van der Waals surface area contributed by atoms with Crippen molar-refractivity contribution in [3.8, 4) is 28.7 Å². The summed E-state index contributed by atoms with van der Waals surface area (Å²) in [6.07, 6.45) is 1.84. The van der Waals surface area contributed by atoms with Gasteiger partial charge in [0, 0.05) is 18.6 Å². The molecule has 0 bridgehead atoms. The van der Waals surface area contributed by atoms with Crippen molar-refractivity contribution in [3.05, 3.63) is 221 Å². The molecule has 1 heterocycles. The van der Waals surface area contributed by atoms with E-state index in [9.17, 15) is 0 Å². The predicted molar refractivity (Wildman–Crippen MR) is 233 cm³/mol. The molecule has 304 valence electrons. The van der Waals surface area contributed by atoms with Crippen LogP contribution in [0.25, 0.3) is 0 Å². The average molecular weight is 799 g/mol. The topological polar surface area (TPSA) is 64.6 Å². The van der Waals surface area contributed by atoms with Gasteiger partial charge in [-0.1, -0.05) is 158 Å². The van der Waals surface area contributed by atoms with Gasteiger partial charge in [-0.05, 0) is 58.4 Å². The normalized spacial score (nSPS) is 13.3. The molecule has 1 fully saturated rings. The molecule has 7 aromatic carbocycles. The van der Waals surface area contributed by atoms with E-state index in [1.165, 1.54) is 0 Å². The average Bonchev–Trinajstić information content (AvgIpc) is 3.32. The molecule has 0 amide bonds. The zero-order valence-corrected chi connectivity index (χ0v) is 33.7. The third-order valence-corrected chi connectivity index (χ3v) is 10.3. The van der Waals surface area contributed by atoms with Crippen LogP contribution in [0, 0.1) is 0 Å². The Morgan fingerprint density at radius 2 is 0.750 bits per heavy atom. The second kappa shape index (κ2) is 20.4. The van der Waals surface area contributed by atoms with Gasteiger partial charge in [-0.2, -0.15) is 0 Å². The van der Waals surface area contributed by atoms with Gasteiger partial charge in [-0.25, -0.2) is 0 Å². The van der Waals surface area contributed by atoms with Gasteiger partial charge in [-0.15, -0.1) is 0 Å². The Hall–Kier alpha value is -6.54. The maximum Gasteiger partial charge on any atom is 0.202 e. The molecule has 0 N–H and O–H groups in total. The lowest BCUT2D eigenvalue weighted by Crippen LogP contribution is -2.39. The van der Waals surface area contributed by atoms with E-state index in [0.29, 0.717) is 93.4 Å². The Balaban J connectivity index is 1.13. The first-order valence-electron chi connectivity index (χ1n) is 20.6. The maximum absolute atomic E-state index is 6.80. The molecule has 1 saturated heterocycles. The van der Waals surface area contributed by atoms with Gasteiger partial charge < -0.3 is 33.2 Å². The highest BCUT2D eigenvalue weighted by molar-refractivity contribution is 5.54. The summed E-state index contributed by atoms with van der Waals surface area (Å²) in [5, 5.41) is 0. The van der Waals surface area contributed by atoms with Gasteiger partial charge in [0.25, 0.3) is 0 Å². The summed E-state index contributed by atoms with van der Waals surface area (Å²) in [5.41, 5.74) is 7.01. The van der Waals surface area contributed by atoms with Crippen LogP contribution in [0.15, 0.2) is 182 Å². The van der Waals surface area contributed by atoms with Gasteiger partial charge >= 0.3 is 0 Å². The van der Waals surface area contributed by atoms with Crippen molar-refractivity contribution in [2.45, 2.75) is 58.1 Å². The van der Waals surface area contributed by atoms with E-state index in [4.69, 9.17) is 33.2 Å². The van der Waals surface area contributed by atoms with E-state index >= 15 is 0 Å². The quantitative estimate of drug-likeness (QED) is 0.0807. The van der Waals surface area contributed by atoms with Crippen molar-refractivity contribution in [3.63, 3.8) is 0 Å². The Bertz CT molecular complexity index is 2280. The van der Waals surface area contributed by atoms with Crippen LogP contribution in [0.1, 0.15) is 51.8 Å². The number of rotatable bonds is 19. The second-order valence-corrected chi connectivity index (χ2v) is 14.8. The van der Waals surface area contributed by atoms with Crippen molar-refractivity contribution in [1.82, 2.24) is 0 Å². The Morgan fingerprint density at radius 3 is 1.18 bits per heavy atom. The minimum absolute atomic E-state index is 0.330. The van der Waals surface area contributed by atoms with Gasteiger partial charge in [0.15, 0.2) is 11.5 Å². The van der Waals surface area contributed by atoms with E-state index in [1.54, 1.807) is 0 Å². The van der Waals surface area contributed by atoms with Crippen molar-refractivity contribution in [2.24, 2.45) is 0 Å². The first kappa shape index (κ1) is 40.2.